The van der Waals surface area contributed by atoms with E-state index in [1.807, 2.05) is 19.0 Å². The second-order valence-electron chi connectivity index (χ2n) is 3.83. The van der Waals surface area contributed by atoms with Crippen LogP contribution in [0.5, 0.6) is 0 Å². The van der Waals surface area contributed by atoms with Gasteiger partial charge in [0.25, 0.3) is 0 Å². The summed E-state index contributed by atoms with van der Waals surface area (Å²) in [5.41, 5.74) is -0.264. The van der Waals surface area contributed by atoms with E-state index < -0.39 is 17.5 Å². The van der Waals surface area contributed by atoms with Crippen molar-refractivity contribution in [3.63, 3.8) is 0 Å². The summed E-state index contributed by atoms with van der Waals surface area (Å²) < 4.78 is 38.9. The smallest absolute Gasteiger partial charge is 0.152 e. The molecular weight excluding hydrogens is 217 g/mol. The highest BCUT2D eigenvalue weighted by Crippen LogP contribution is 2.19. The van der Waals surface area contributed by atoms with Crippen LogP contribution in [0, 0.1) is 17.5 Å². The van der Waals surface area contributed by atoms with Crippen LogP contribution < -0.4 is 5.32 Å². The van der Waals surface area contributed by atoms with Crippen LogP contribution in [0.25, 0.3) is 0 Å². The first-order chi connectivity index (χ1) is 7.50. The van der Waals surface area contributed by atoms with Crippen molar-refractivity contribution < 1.29 is 13.2 Å². The fourth-order valence-electron chi connectivity index (χ4n) is 1.32. The first-order valence-electron chi connectivity index (χ1n) is 5.04. The maximum absolute atomic E-state index is 13.1. The molecule has 0 aliphatic carbocycles. The van der Waals surface area contributed by atoms with Crippen molar-refractivity contribution in [1.29, 1.82) is 0 Å². The van der Waals surface area contributed by atoms with Crippen molar-refractivity contribution in [3.05, 3.63) is 29.6 Å². The van der Waals surface area contributed by atoms with Gasteiger partial charge in [0.2, 0.25) is 0 Å². The van der Waals surface area contributed by atoms with E-state index in [1.165, 1.54) is 0 Å². The van der Waals surface area contributed by atoms with E-state index >= 15 is 0 Å². The summed E-state index contributed by atoms with van der Waals surface area (Å²) in [7, 11) is 3.83. The van der Waals surface area contributed by atoms with Crippen LogP contribution in [0.15, 0.2) is 12.1 Å². The number of hydrogen-bond acceptors (Lipinski definition) is 2. The van der Waals surface area contributed by atoms with Crippen LogP contribution in [0.4, 0.5) is 18.9 Å². The minimum atomic E-state index is -0.908. The van der Waals surface area contributed by atoms with Gasteiger partial charge in [-0.05, 0) is 27.1 Å². The first-order valence-corrected chi connectivity index (χ1v) is 5.04. The summed E-state index contributed by atoms with van der Waals surface area (Å²) in [5.74, 6) is -2.71. The Bertz CT molecular complexity index is 330. The number of nitrogens with zero attached hydrogens (tertiary/aromatic N) is 1. The third-order valence-electron chi connectivity index (χ3n) is 2.09. The van der Waals surface area contributed by atoms with Gasteiger partial charge >= 0.3 is 0 Å². The number of benzene rings is 1. The number of hydrogen-bond donors (Lipinski definition) is 1. The number of anilines is 1. The molecule has 0 unspecified atom stereocenters. The van der Waals surface area contributed by atoms with E-state index in [0.29, 0.717) is 18.7 Å². The van der Waals surface area contributed by atoms with E-state index in [9.17, 15) is 13.2 Å². The topological polar surface area (TPSA) is 15.3 Å². The van der Waals surface area contributed by atoms with Crippen LogP contribution >= 0.6 is 0 Å². The number of rotatable bonds is 5. The fourth-order valence-corrected chi connectivity index (χ4v) is 1.32. The van der Waals surface area contributed by atoms with E-state index in [1.54, 1.807) is 0 Å². The minimum Gasteiger partial charge on any atom is -0.380 e. The average molecular weight is 232 g/mol. The number of nitrogens with one attached hydrogen (secondary N) is 1. The van der Waals surface area contributed by atoms with Crippen LogP contribution in [0.2, 0.25) is 0 Å². The van der Waals surface area contributed by atoms with Crippen molar-refractivity contribution in [1.82, 2.24) is 4.90 Å². The molecule has 0 fully saturated rings. The Morgan fingerprint density at radius 2 is 1.69 bits per heavy atom. The van der Waals surface area contributed by atoms with Crippen LogP contribution in [-0.4, -0.2) is 32.1 Å². The zero-order valence-electron chi connectivity index (χ0n) is 9.36. The quantitative estimate of drug-likeness (QED) is 0.784. The molecule has 0 spiro atoms. The molecule has 90 valence electrons. The zero-order valence-corrected chi connectivity index (χ0v) is 9.36. The normalized spacial score (nSPS) is 10.9. The Hall–Kier alpha value is -1.23. The predicted molar refractivity (Wildman–Crippen MR) is 58.0 cm³/mol. The highest BCUT2D eigenvalue weighted by Gasteiger charge is 2.10. The van der Waals surface area contributed by atoms with Crippen LogP contribution in [-0.2, 0) is 0 Å². The molecule has 0 radical (unpaired) electrons. The highest BCUT2D eigenvalue weighted by molar-refractivity contribution is 5.46. The Labute approximate surface area is 93.1 Å². The van der Waals surface area contributed by atoms with Gasteiger partial charge in [0, 0.05) is 18.7 Å². The molecule has 5 heteroatoms. The molecule has 0 atom stereocenters. The standard InChI is InChI=1S/C11H15F3N2/c1-16(2)5-3-4-15-11-9(13)6-8(12)7-10(11)14/h6-7,15H,3-5H2,1-2H3. The lowest BCUT2D eigenvalue weighted by atomic mass is 10.2. The maximum Gasteiger partial charge on any atom is 0.152 e. The summed E-state index contributed by atoms with van der Waals surface area (Å²) in [6.07, 6.45) is 0.753. The molecule has 0 aliphatic heterocycles. The summed E-state index contributed by atoms with van der Waals surface area (Å²) >= 11 is 0. The summed E-state index contributed by atoms with van der Waals surface area (Å²) in [6, 6.07) is 1.33. The molecule has 0 aromatic heterocycles. The lowest BCUT2D eigenvalue weighted by molar-refractivity contribution is 0.405. The molecule has 0 amide bonds. The van der Waals surface area contributed by atoms with Gasteiger partial charge in [0.15, 0.2) is 11.6 Å². The van der Waals surface area contributed by atoms with Crippen molar-refractivity contribution in [2.45, 2.75) is 6.42 Å². The predicted octanol–water partition coefficient (Wildman–Crippen LogP) is 2.47. The summed E-state index contributed by atoms with van der Waals surface area (Å²) in [4.78, 5) is 1.97. The van der Waals surface area contributed by atoms with Gasteiger partial charge in [0.05, 0.1) is 0 Å². The molecule has 1 N–H and O–H groups in total. The largest absolute Gasteiger partial charge is 0.380 e. The molecular formula is C11H15F3N2. The zero-order chi connectivity index (χ0) is 12.1. The first kappa shape index (κ1) is 12.8. The van der Waals surface area contributed by atoms with Crippen LogP contribution in [0.3, 0.4) is 0 Å². The molecule has 16 heavy (non-hydrogen) atoms. The van der Waals surface area contributed by atoms with Gasteiger partial charge in [-0.15, -0.1) is 0 Å². The molecule has 0 saturated carbocycles. The van der Waals surface area contributed by atoms with Gasteiger partial charge in [-0.1, -0.05) is 0 Å². The molecule has 0 heterocycles. The third-order valence-corrected chi connectivity index (χ3v) is 2.09. The monoisotopic (exact) mass is 232 g/mol. The Kier molecular flexibility index (Phi) is 4.61. The van der Waals surface area contributed by atoms with Crippen LogP contribution in [0.1, 0.15) is 6.42 Å². The highest BCUT2D eigenvalue weighted by atomic mass is 19.1. The molecule has 0 bridgehead atoms. The van der Waals surface area contributed by atoms with Gasteiger partial charge in [-0.3, -0.25) is 0 Å². The fraction of sp³-hybridized carbons (Fsp3) is 0.455. The van der Waals surface area contributed by atoms with E-state index in [0.717, 1.165) is 13.0 Å². The Balaban J connectivity index is 2.54. The third kappa shape index (κ3) is 3.73. The second-order valence-corrected chi connectivity index (χ2v) is 3.83. The molecule has 1 aromatic rings. The molecule has 0 saturated heterocycles. The minimum absolute atomic E-state index is 0.264. The summed E-state index contributed by atoms with van der Waals surface area (Å²) in [5, 5.41) is 2.62. The van der Waals surface area contributed by atoms with Gasteiger partial charge in [-0.25, -0.2) is 13.2 Å². The van der Waals surface area contributed by atoms with E-state index in [4.69, 9.17) is 0 Å². The lowest BCUT2D eigenvalue weighted by Gasteiger charge is -2.11. The van der Waals surface area contributed by atoms with Gasteiger partial charge in [-0.2, -0.15) is 0 Å². The van der Waals surface area contributed by atoms with Crippen molar-refractivity contribution in [3.8, 4) is 0 Å². The Morgan fingerprint density at radius 3 is 2.19 bits per heavy atom. The van der Waals surface area contributed by atoms with Gasteiger partial charge < -0.3 is 10.2 Å². The Morgan fingerprint density at radius 1 is 1.12 bits per heavy atom. The lowest BCUT2D eigenvalue weighted by Crippen LogP contribution is -2.17. The van der Waals surface area contributed by atoms with Crippen molar-refractivity contribution >= 4 is 5.69 Å². The second kappa shape index (κ2) is 5.75. The van der Waals surface area contributed by atoms with E-state index in [2.05, 4.69) is 5.32 Å². The average Bonchev–Trinajstić information content (AvgIpc) is 2.14. The molecule has 0 aliphatic rings. The number of halogens is 3. The molecule has 2 nitrogen and oxygen atoms in total. The van der Waals surface area contributed by atoms with Crippen molar-refractivity contribution in [2.75, 3.05) is 32.5 Å². The summed E-state index contributed by atoms with van der Waals surface area (Å²) in [6.45, 7) is 1.26. The SMILES string of the molecule is CN(C)CCCNc1c(F)cc(F)cc1F. The molecule has 1 rings (SSSR count). The van der Waals surface area contributed by atoms with Crippen molar-refractivity contribution in [2.24, 2.45) is 0 Å². The maximum atomic E-state index is 13.1. The van der Waals surface area contributed by atoms with E-state index in [-0.39, 0.29) is 5.69 Å². The molecule has 1 aromatic carbocycles. The van der Waals surface area contributed by atoms with Gasteiger partial charge in [0.1, 0.15) is 11.5 Å².